The second-order valence-electron chi connectivity index (χ2n) is 5.26. The van der Waals surface area contributed by atoms with Gasteiger partial charge < -0.3 is 15.4 Å². The predicted octanol–water partition coefficient (Wildman–Crippen LogP) is 2.08. The molecule has 1 aliphatic heterocycles. The van der Waals surface area contributed by atoms with Crippen LogP contribution >= 0.6 is 0 Å². The van der Waals surface area contributed by atoms with Gasteiger partial charge in [-0.1, -0.05) is 0 Å². The molecule has 5 heteroatoms. The van der Waals surface area contributed by atoms with Gasteiger partial charge in [-0.25, -0.2) is 4.39 Å². The number of halogens is 1. The maximum absolute atomic E-state index is 13.0. The van der Waals surface area contributed by atoms with E-state index in [1.807, 2.05) is 6.92 Å². The van der Waals surface area contributed by atoms with Gasteiger partial charge in [-0.3, -0.25) is 4.79 Å². The van der Waals surface area contributed by atoms with Crippen LogP contribution in [0.5, 0.6) is 0 Å². The second kappa shape index (κ2) is 6.33. The number of hydrogen-bond donors (Lipinski definition) is 1. The number of carbonyl (C=O) groups is 1. The third-order valence-electron chi connectivity index (χ3n) is 3.64. The summed E-state index contributed by atoms with van der Waals surface area (Å²) in [5.74, 6) is -0.390. The molecule has 2 N–H and O–H groups in total. The van der Waals surface area contributed by atoms with E-state index in [1.165, 1.54) is 12.1 Å². The second-order valence-corrected chi connectivity index (χ2v) is 5.26. The molecule has 110 valence electrons. The van der Waals surface area contributed by atoms with Gasteiger partial charge in [0.15, 0.2) is 0 Å². The molecule has 20 heavy (non-hydrogen) atoms. The summed E-state index contributed by atoms with van der Waals surface area (Å²) in [5, 5.41) is 0. The van der Waals surface area contributed by atoms with Crippen LogP contribution in [-0.4, -0.2) is 31.2 Å². The van der Waals surface area contributed by atoms with Crippen molar-refractivity contribution >= 4 is 11.6 Å². The van der Waals surface area contributed by atoms with Gasteiger partial charge in [-0.05, 0) is 57.0 Å². The lowest BCUT2D eigenvalue weighted by Crippen LogP contribution is -2.47. The number of amides is 1. The average Bonchev–Trinajstić information content (AvgIpc) is 2.89. The largest absolute Gasteiger partial charge is 0.365 e. The van der Waals surface area contributed by atoms with Crippen LogP contribution in [0.2, 0.25) is 0 Å². The third-order valence-corrected chi connectivity index (χ3v) is 3.64. The van der Waals surface area contributed by atoms with Gasteiger partial charge in [0.05, 0.1) is 0 Å². The molecule has 0 bridgehead atoms. The van der Waals surface area contributed by atoms with E-state index < -0.39 is 5.60 Å². The lowest BCUT2D eigenvalue weighted by molar-refractivity contribution is -0.136. The summed E-state index contributed by atoms with van der Waals surface area (Å²) in [6.45, 7) is 3.44. The summed E-state index contributed by atoms with van der Waals surface area (Å²) >= 11 is 0. The zero-order valence-electron chi connectivity index (χ0n) is 11.8. The summed E-state index contributed by atoms with van der Waals surface area (Å²) in [7, 11) is 0. The Hall–Kier alpha value is -1.46. The van der Waals surface area contributed by atoms with Crippen LogP contribution in [0.3, 0.4) is 0 Å². The van der Waals surface area contributed by atoms with E-state index in [2.05, 4.69) is 0 Å². The maximum Gasteiger partial charge on any atom is 0.258 e. The van der Waals surface area contributed by atoms with Crippen molar-refractivity contribution in [2.75, 3.05) is 24.6 Å². The Morgan fingerprint density at radius 3 is 2.70 bits per heavy atom. The first kappa shape index (κ1) is 14.9. The van der Waals surface area contributed by atoms with E-state index in [-0.39, 0.29) is 11.7 Å². The molecule has 0 radical (unpaired) electrons. The minimum Gasteiger partial charge on any atom is -0.365 e. The molecule has 0 aliphatic carbocycles. The molecule has 1 saturated heterocycles. The minimum absolute atomic E-state index is 0.0740. The monoisotopic (exact) mass is 280 g/mol. The first-order chi connectivity index (χ1) is 9.57. The molecule has 1 unspecified atom stereocenters. The number of hydrogen-bond acceptors (Lipinski definition) is 3. The SMILES string of the molecule is CC1(C(=O)N(CCCN)c2ccc(F)cc2)CCCO1. The molecule has 1 heterocycles. The van der Waals surface area contributed by atoms with Crippen LogP contribution in [0.25, 0.3) is 0 Å². The van der Waals surface area contributed by atoms with Crippen molar-refractivity contribution in [3.63, 3.8) is 0 Å². The van der Waals surface area contributed by atoms with E-state index in [4.69, 9.17) is 10.5 Å². The Kier molecular flexibility index (Phi) is 4.73. The van der Waals surface area contributed by atoms with Gasteiger partial charge in [0.1, 0.15) is 11.4 Å². The van der Waals surface area contributed by atoms with Crippen LogP contribution in [0.4, 0.5) is 10.1 Å². The Labute approximate surface area is 118 Å². The van der Waals surface area contributed by atoms with Crippen molar-refractivity contribution < 1.29 is 13.9 Å². The predicted molar refractivity (Wildman–Crippen MR) is 76.0 cm³/mol. The van der Waals surface area contributed by atoms with Gasteiger partial charge in [0, 0.05) is 18.8 Å². The van der Waals surface area contributed by atoms with Crippen molar-refractivity contribution in [2.45, 2.75) is 31.8 Å². The Bertz CT molecular complexity index is 455. The molecule has 1 atom stereocenters. The summed E-state index contributed by atoms with van der Waals surface area (Å²) in [6, 6.07) is 5.94. The highest BCUT2D eigenvalue weighted by Crippen LogP contribution is 2.29. The van der Waals surface area contributed by atoms with E-state index in [1.54, 1.807) is 17.0 Å². The van der Waals surface area contributed by atoms with Crippen LogP contribution in [0, 0.1) is 5.82 Å². The molecule has 1 aromatic carbocycles. The smallest absolute Gasteiger partial charge is 0.258 e. The normalized spacial score (nSPS) is 21.9. The summed E-state index contributed by atoms with van der Waals surface area (Å²) < 4.78 is 18.6. The molecule has 1 aliphatic rings. The van der Waals surface area contributed by atoms with Gasteiger partial charge in [0.25, 0.3) is 5.91 Å². The Morgan fingerprint density at radius 2 is 2.15 bits per heavy atom. The first-order valence-corrected chi connectivity index (χ1v) is 6.98. The molecule has 1 amide bonds. The number of nitrogens with zero attached hydrogens (tertiary/aromatic N) is 1. The van der Waals surface area contributed by atoms with Crippen LogP contribution < -0.4 is 10.6 Å². The van der Waals surface area contributed by atoms with E-state index >= 15 is 0 Å². The number of benzene rings is 1. The third kappa shape index (κ3) is 3.16. The van der Waals surface area contributed by atoms with Crippen LogP contribution in [0.1, 0.15) is 26.2 Å². The highest BCUT2D eigenvalue weighted by molar-refractivity contribution is 5.99. The Balaban J connectivity index is 2.22. The summed E-state index contributed by atoms with van der Waals surface area (Å²) in [5.41, 5.74) is 5.44. The molecular weight excluding hydrogens is 259 g/mol. The molecule has 0 aromatic heterocycles. The van der Waals surface area contributed by atoms with Crippen molar-refractivity contribution in [2.24, 2.45) is 5.73 Å². The molecule has 0 spiro atoms. The van der Waals surface area contributed by atoms with E-state index in [0.29, 0.717) is 38.2 Å². The maximum atomic E-state index is 13.0. The van der Waals surface area contributed by atoms with E-state index in [0.717, 1.165) is 6.42 Å². The Morgan fingerprint density at radius 1 is 1.45 bits per heavy atom. The lowest BCUT2D eigenvalue weighted by Gasteiger charge is -2.31. The zero-order chi connectivity index (χ0) is 14.6. The zero-order valence-corrected chi connectivity index (χ0v) is 11.8. The van der Waals surface area contributed by atoms with Crippen molar-refractivity contribution in [1.29, 1.82) is 0 Å². The van der Waals surface area contributed by atoms with Crippen LogP contribution in [0.15, 0.2) is 24.3 Å². The van der Waals surface area contributed by atoms with Crippen LogP contribution in [-0.2, 0) is 9.53 Å². The average molecular weight is 280 g/mol. The van der Waals surface area contributed by atoms with Gasteiger partial charge in [-0.2, -0.15) is 0 Å². The highest BCUT2D eigenvalue weighted by atomic mass is 19.1. The van der Waals surface area contributed by atoms with Gasteiger partial charge >= 0.3 is 0 Å². The standard InChI is InChI=1S/C15H21FN2O2/c1-15(8-2-11-20-15)14(19)18(10-3-9-17)13-6-4-12(16)5-7-13/h4-7H,2-3,8-11,17H2,1H3. The van der Waals surface area contributed by atoms with E-state index in [9.17, 15) is 9.18 Å². The summed E-state index contributed by atoms with van der Waals surface area (Å²) in [4.78, 5) is 14.4. The quantitative estimate of drug-likeness (QED) is 0.898. The number of anilines is 1. The number of ether oxygens (including phenoxy) is 1. The number of carbonyl (C=O) groups excluding carboxylic acids is 1. The highest BCUT2D eigenvalue weighted by Gasteiger charge is 2.40. The number of nitrogens with two attached hydrogens (primary N) is 1. The minimum atomic E-state index is -0.775. The lowest BCUT2D eigenvalue weighted by atomic mass is 10.0. The topological polar surface area (TPSA) is 55.6 Å². The molecular formula is C15H21FN2O2. The molecule has 0 saturated carbocycles. The number of rotatable bonds is 5. The fraction of sp³-hybridized carbons (Fsp3) is 0.533. The molecule has 1 fully saturated rings. The van der Waals surface area contributed by atoms with Crippen molar-refractivity contribution in [3.05, 3.63) is 30.1 Å². The first-order valence-electron chi connectivity index (χ1n) is 6.98. The fourth-order valence-electron chi connectivity index (χ4n) is 2.45. The summed E-state index contributed by atoms with van der Waals surface area (Å²) in [6.07, 6.45) is 2.29. The molecule has 4 nitrogen and oxygen atoms in total. The van der Waals surface area contributed by atoms with Gasteiger partial charge in [0.2, 0.25) is 0 Å². The fourth-order valence-corrected chi connectivity index (χ4v) is 2.45. The van der Waals surface area contributed by atoms with Crippen molar-refractivity contribution in [1.82, 2.24) is 0 Å². The van der Waals surface area contributed by atoms with Gasteiger partial charge in [-0.15, -0.1) is 0 Å². The van der Waals surface area contributed by atoms with Crippen molar-refractivity contribution in [3.8, 4) is 0 Å². The molecule has 1 aromatic rings. The molecule has 2 rings (SSSR count).